The van der Waals surface area contributed by atoms with Gasteiger partial charge >= 0.3 is 0 Å². The average Bonchev–Trinajstić information content (AvgIpc) is 2.66. The first-order valence-electron chi connectivity index (χ1n) is 8.04. The third kappa shape index (κ3) is 6.09. The molecular formula is C19H20ClNO5S. The first kappa shape index (κ1) is 21.0. The van der Waals surface area contributed by atoms with Crippen LogP contribution in [0.15, 0.2) is 53.4 Å². The number of carbonyl (C=O) groups excluding carboxylic acids is 1. The number of methoxy groups -OCH3 is 2. The van der Waals surface area contributed by atoms with Crippen molar-refractivity contribution in [3.05, 3.63) is 59.7 Å². The van der Waals surface area contributed by atoms with E-state index in [1.54, 1.807) is 32.4 Å². The molecule has 144 valence electrons. The number of hydrogen-bond acceptors (Lipinski definition) is 5. The van der Waals surface area contributed by atoms with Gasteiger partial charge in [-0.1, -0.05) is 24.3 Å². The van der Waals surface area contributed by atoms with Gasteiger partial charge in [0.25, 0.3) is 0 Å². The summed E-state index contributed by atoms with van der Waals surface area (Å²) in [6.45, 7) is 0.220. The molecule has 0 aromatic heterocycles. The van der Waals surface area contributed by atoms with Gasteiger partial charge in [-0.2, -0.15) is 0 Å². The molecule has 6 nitrogen and oxygen atoms in total. The van der Waals surface area contributed by atoms with E-state index in [0.717, 1.165) is 11.6 Å². The van der Waals surface area contributed by atoms with E-state index in [0.29, 0.717) is 23.5 Å². The maximum atomic E-state index is 12.5. The molecular weight excluding hydrogens is 390 g/mol. The summed E-state index contributed by atoms with van der Waals surface area (Å²) in [6.07, 6.45) is 3.11. The molecule has 0 aliphatic heterocycles. The zero-order chi connectivity index (χ0) is 19.9. The van der Waals surface area contributed by atoms with Crippen molar-refractivity contribution in [3.8, 4) is 11.5 Å². The highest BCUT2D eigenvalue weighted by atomic mass is 35.5. The molecule has 0 saturated heterocycles. The molecule has 27 heavy (non-hydrogen) atoms. The average molecular weight is 410 g/mol. The van der Waals surface area contributed by atoms with Gasteiger partial charge in [0.15, 0.2) is 11.5 Å². The van der Waals surface area contributed by atoms with Crippen LogP contribution < -0.4 is 14.2 Å². The predicted octanol–water partition coefficient (Wildman–Crippen LogP) is 3.00. The van der Waals surface area contributed by atoms with Gasteiger partial charge in [-0.25, -0.2) is 13.1 Å². The predicted molar refractivity (Wildman–Crippen MR) is 105 cm³/mol. The van der Waals surface area contributed by atoms with E-state index in [1.165, 1.54) is 18.2 Å². The first-order chi connectivity index (χ1) is 12.9. The summed E-state index contributed by atoms with van der Waals surface area (Å²) < 4.78 is 37.9. The van der Waals surface area contributed by atoms with Crippen LogP contribution in [0.5, 0.6) is 11.5 Å². The molecule has 1 N–H and O–H groups in total. The summed E-state index contributed by atoms with van der Waals surface area (Å²) in [6, 6.07) is 11.7. The van der Waals surface area contributed by atoms with E-state index in [9.17, 15) is 13.2 Å². The molecule has 0 spiro atoms. The Morgan fingerprint density at radius 3 is 2.52 bits per heavy atom. The minimum Gasteiger partial charge on any atom is -0.493 e. The second-order valence-electron chi connectivity index (χ2n) is 5.55. The van der Waals surface area contributed by atoms with Crippen LogP contribution in [0.4, 0.5) is 0 Å². The highest BCUT2D eigenvalue weighted by molar-refractivity contribution is 7.89. The smallest absolute Gasteiger partial charge is 0.245 e. The van der Waals surface area contributed by atoms with Gasteiger partial charge in [-0.05, 0) is 59.5 Å². The molecule has 0 unspecified atom stereocenters. The molecule has 0 bridgehead atoms. The van der Waals surface area contributed by atoms with Gasteiger partial charge in [0, 0.05) is 6.54 Å². The van der Waals surface area contributed by atoms with Gasteiger partial charge in [0.1, 0.15) is 0 Å². The maximum Gasteiger partial charge on any atom is 0.245 e. The second-order valence-corrected chi connectivity index (χ2v) is 7.69. The maximum absolute atomic E-state index is 12.5. The fraction of sp³-hybridized carbons (Fsp3) is 0.211. The van der Waals surface area contributed by atoms with Crippen LogP contribution in [0, 0.1) is 0 Å². The van der Waals surface area contributed by atoms with E-state index < -0.39 is 15.3 Å². The van der Waals surface area contributed by atoms with Crippen molar-refractivity contribution in [1.29, 1.82) is 0 Å². The van der Waals surface area contributed by atoms with Crippen LogP contribution in [0.3, 0.4) is 0 Å². The number of carbonyl (C=O) groups is 1. The lowest BCUT2D eigenvalue weighted by molar-refractivity contribution is -0.107. The number of allylic oxidation sites excluding steroid dienone is 1. The van der Waals surface area contributed by atoms with E-state index in [4.69, 9.17) is 21.1 Å². The Labute approximate surface area is 163 Å². The van der Waals surface area contributed by atoms with Gasteiger partial charge in [-0.15, -0.1) is 0 Å². The van der Waals surface area contributed by atoms with Crippen molar-refractivity contribution < 1.29 is 22.7 Å². The molecule has 0 aliphatic rings. The summed E-state index contributed by atoms with van der Waals surface area (Å²) >= 11 is 5.25. The molecule has 8 heteroatoms. The Balaban J connectivity index is 2.05. The summed E-state index contributed by atoms with van der Waals surface area (Å²) in [5.41, 5.74) is 1.47. The quantitative estimate of drug-likeness (QED) is 0.508. The summed E-state index contributed by atoms with van der Waals surface area (Å²) in [5, 5.41) is -0.628. The lowest BCUT2D eigenvalue weighted by Gasteiger charge is -2.10. The fourth-order valence-electron chi connectivity index (χ4n) is 2.40. The van der Waals surface area contributed by atoms with Crippen LogP contribution in [-0.4, -0.2) is 34.4 Å². The number of rotatable bonds is 9. The summed E-state index contributed by atoms with van der Waals surface area (Å²) in [5.74, 6) is 1.20. The third-order valence-corrected chi connectivity index (χ3v) is 5.31. The van der Waals surface area contributed by atoms with Gasteiger partial charge in [0.05, 0.1) is 19.1 Å². The Bertz CT molecular complexity index is 941. The van der Waals surface area contributed by atoms with E-state index in [2.05, 4.69) is 4.72 Å². The molecule has 0 heterocycles. The molecule has 0 saturated carbocycles. The number of ether oxygens (including phenoxy) is 2. The number of halogens is 1. The molecule has 0 radical (unpaired) electrons. The van der Waals surface area contributed by atoms with Gasteiger partial charge in [0.2, 0.25) is 15.3 Å². The number of benzene rings is 2. The number of hydrogen-bond donors (Lipinski definition) is 1. The van der Waals surface area contributed by atoms with Gasteiger partial charge in [-0.3, -0.25) is 4.79 Å². The van der Waals surface area contributed by atoms with Crippen molar-refractivity contribution in [3.63, 3.8) is 0 Å². The lowest BCUT2D eigenvalue weighted by Crippen LogP contribution is -2.26. The van der Waals surface area contributed by atoms with Crippen molar-refractivity contribution >= 4 is 32.9 Å². The van der Waals surface area contributed by atoms with Crippen LogP contribution in [0.1, 0.15) is 11.1 Å². The fourth-order valence-corrected chi connectivity index (χ4v) is 3.55. The summed E-state index contributed by atoms with van der Waals surface area (Å²) in [4.78, 5) is 10.9. The molecule has 2 aromatic carbocycles. The largest absolute Gasteiger partial charge is 0.493 e. The Kier molecular flexibility index (Phi) is 7.41. The van der Waals surface area contributed by atoms with Crippen LogP contribution in [-0.2, 0) is 21.2 Å². The molecule has 0 aliphatic carbocycles. The minimum atomic E-state index is -3.68. The van der Waals surface area contributed by atoms with Crippen LogP contribution in [0.25, 0.3) is 6.08 Å². The van der Waals surface area contributed by atoms with E-state index in [-0.39, 0.29) is 11.4 Å². The molecule has 2 aromatic rings. The van der Waals surface area contributed by atoms with Crippen LogP contribution in [0.2, 0.25) is 0 Å². The second kappa shape index (κ2) is 9.55. The Morgan fingerprint density at radius 2 is 1.85 bits per heavy atom. The highest BCUT2D eigenvalue weighted by Crippen LogP contribution is 2.27. The topological polar surface area (TPSA) is 81.7 Å². The zero-order valence-electron chi connectivity index (χ0n) is 14.9. The van der Waals surface area contributed by atoms with Gasteiger partial charge < -0.3 is 9.47 Å². The third-order valence-electron chi connectivity index (χ3n) is 3.73. The molecule has 0 fully saturated rings. The molecule has 2 rings (SSSR count). The number of nitrogens with one attached hydrogen (secondary N) is 1. The zero-order valence-corrected chi connectivity index (χ0v) is 16.5. The van der Waals surface area contributed by atoms with Crippen molar-refractivity contribution in [2.24, 2.45) is 0 Å². The standard InChI is InChI=1S/C19H20ClNO5S/c1-25-17-8-6-15(13-18(17)26-2)10-11-21-27(23,24)16-5-3-4-14(12-16)7-9-19(20)22/h3-9,12-13,21H,10-11H2,1-2H3. The van der Waals surface area contributed by atoms with Crippen molar-refractivity contribution in [2.45, 2.75) is 11.3 Å². The van der Waals surface area contributed by atoms with E-state index >= 15 is 0 Å². The summed E-state index contributed by atoms with van der Waals surface area (Å²) in [7, 11) is -0.579. The van der Waals surface area contributed by atoms with Crippen LogP contribution >= 0.6 is 11.6 Å². The molecule has 0 amide bonds. The van der Waals surface area contributed by atoms with E-state index in [1.807, 2.05) is 12.1 Å². The Hall–Kier alpha value is -2.35. The minimum absolute atomic E-state index is 0.110. The molecule has 0 atom stereocenters. The Morgan fingerprint density at radius 1 is 1.11 bits per heavy atom. The SMILES string of the molecule is COc1ccc(CCNS(=O)(=O)c2cccc(C=CC(=O)Cl)c2)cc1OC. The van der Waals surface area contributed by atoms with Crippen molar-refractivity contribution in [2.75, 3.05) is 20.8 Å². The lowest BCUT2D eigenvalue weighted by atomic mass is 10.1. The highest BCUT2D eigenvalue weighted by Gasteiger charge is 2.14. The normalized spacial score (nSPS) is 11.5. The number of sulfonamides is 1. The first-order valence-corrected chi connectivity index (χ1v) is 9.90. The monoisotopic (exact) mass is 409 g/mol. The van der Waals surface area contributed by atoms with Crippen molar-refractivity contribution in [1.82, 2.24) is 4.72 Å².